The molecule has 0 saturated carbocycles. The largest absolute Gasteiger partial charge is 0.348 e. The predicted molar refractivity (Wildman–Crippen MR) is 131 cm³/mol. The van der Waals surface area contributed by atoms with E-state index in [0.29, 0.717) is 48.0 Å². The van der Waals surface area contributed by atoms with Gasteiger partial charge in [-0.3, -0.25) is 4.79 Å². The van der Waals surface area contributed by atoms with Gasteiger partial charge in [0.15, 0.2) is 5.03 Å². The molecule has 1 fully saturated rings. The lowest BCUT2D eigenvalue weighted by Gasteiger charge is -2.43. The summed E-state index contributed by atoms with van der Waals surface area (Å²) in [5.41, 5.74) is 2.36. The topological polar surface area (TPSA) is 84.3 Å². The number of carbonyl (C=O) groups is 1. The van der Waals surface area contributed by atoms with Gasteiger partial charge in [-0.2, -0.15) is 4.31 Å². The average Bonchev–Trinajstić information content (AvgIpc) is 3.37. The minimum Gasteiger partial charge on any atom is -0.348 e. The smallest absolute Gasteiger partial charge is 0.262 e. The van der Waals surface area contributed by atoms with Gasteiger partial charge >= 0.3 is 0 Å². The fourth-order valence-corrected chi connectivity index (χ4v) is 7.19. The molecule has 1 saturated heterocycles. The third kappa shape index (κ3) is 3.92. The Morgan fingerprint density at radius 1 is 1.15 bits per heavy atom. The first kappa shape index (κ1) is 23.4. The summed E-state index contributed by atoms with van der Waals surface area (Å²) in [5, 5.41) is 4.02. The number of halogens is 2. The van der Waals surface area contributed by atoms with Crippen LogP contribution in [0.5, 0.6) is 0 Å². The van der Waals surface area contributed by atoms with Crippen molar-refractivity contribution in [3.63, 3.8) is 0 Å². The first-order valence-electron chi connectivity index (χ1n) is 11.0. The van der Waals surface area contributed by atoms with E-state index in [4.69, 9.17) is 23.2 Å². The van der Waals surface area contributed by atoms with Crippen LogP contribution >= 0.6 is 23.2 Å². The highest BCUT2D eigenvalue weighted by Crippen LogP contribution is 2.47. The number of rotatable bonds is 4. The van der Waals surface area contributed by atoms with Crippen molar-refractivity contribution in [3.05, 3.63) is 81.7 Å². The Morgan fingerprint density at radius 2 is 1.88 bits per heavy atom. The molecule has 1 aromatic heterocycles. The molecule has 2 aliphatic rings. The summed E-state index contributed by atoms with van der Waals surface area (Å²) in [6, 6.07) is 12.8. The average molecular weight is 519 g/mol. The number of fused-ring (bicyclic) bond motifs is 2. The molecule has 1 N–H and O–H groups in total. The second-order valence-corrected chi connectivity index (χ2v) is 11.7. The van der Waals surface area contributed by atoms with Gasteiger partial charge in [-0.25, -0.2) is 13.4 Å². The standard InChI is InChI=1S/C24H24Cl2N4O3S/c1-29-14-22(27-15-29)34(32,33)30-10-8-24(9-11-30)19-5-3-2-4-16(19)12-21(24)28-23(31)18-7-6-17(25)13-20(18)26/h2-7,13-15,21H,8-12H2,1H3,(H,28,31). The number of aryl methyl sites for hydroxylation is 1. The van der Waals surface area contributed by atoms with E-state index in [1.54, 1.807) is 29.8 Å². The number of piperidine rings is 1. The van der Waals surface area contributed by atoms with E-state index in [1.165, 1.54) is 28.0 Å². The summed E-state index contributed by atoms with van der Waals surface area (Å²) >= 11 is 12.3. The van der Waals surface area contributed by atoms with Gasteiger partial charge in [0.05, 0.1) is 16.9 Å². The number of aromatic nitrogens is 2. The van der Waals surface area contributed by atoms with Crippen LogP contribution in [0, 0.1) is 0 Å². The minimum atomic E-state index is -3.67. The molecule has 10 heteroatoms. The molecule has 1 aliphatic heterocycles. The Kier molecular flexibility index (Phi) is 5.96. The number of nitrogens with one attached hydrogen (secondary N) is 1. The summed E-state index contributed by atoms with van der Waals surface area (Å²) in [5.74, 6) is -0.262. The number of benzene rings is 2. The molecule has 7 nitrogen and oxygen atoms in total. The molecule has 1 unspecified atom stereocenters. The van der Waals surface area contributed by atoms with Crippen LogP contribution < -0.4 is 5.32 Å². The van der Waals surface area contributed by atoms with Gasteiger partial charge in [-0.15, -0.1) is 0 Å². The maximum Gasteiger partial charge on any atom is 0.262 e. The van der Waals surface area contributed by atoms with E-state index >= 15 is 0 Å². The van der Waals surface area contributed by atoms with E-state index in [1.807, 2.05) is 12.1 Å². The highest BCUT2D eigenvalue weighted by Gasteiger charge is 2.50. The Bertz CT molecular complexity index is 1360. The third-order valence-corrected chi connectivity index (χ3v) is 9.36. The van der Waals surface area contributed by atoms with Gasteiger partial charge < -0.3 is 9.88 Å². The van der Waals surface area contributed by atoms with Crippen molar-refractivity contribution in [3.8, 4) is 0 Å². The van der Waals surface area contributed by atoms with Crippen molar-refractivity contribution in [2.24, 2.45) is 7.05 Å². The summed E-state index contributed by atoms with van der Waals surface area (Å²) in [4.78, 5) is 17.2. The molecule has 5 rings (SSSR count). The molecule has 2 heterocycles. The van der Waals surface area contributed by atoms with Crippen LogP contribution in [-0.2, 0) is 28.9 Å². The van der Waals surface area contributed by atoms with Crippen LogP contribution in [0.4, 0.5) is 0 Å². The third-order valence-electron chi connectivity index (χ3n) is 7.03. The molecule has 2 aromatic carbocycles. The molecule has 1 atom stereocenters. The SMILES string of the molecule is Cn1cnc(S(=O)(=O)N2CCC3(CC2)c2ccccc2CC3NC(=O)c2ccc(Cl)cc2Cl)c1. The maximum atomic E-state index is 13.2. The summed E-state index contributed by atoms with van der Waals surface area (Å²) < 4.78 is 29.3. The van der Waals surface area contributed by atoms with Crippen LogP contribution in [0.25, 0.3) is 0 Å². The van der Waals surface area contributed by atoms with Crippen LogP contribution in [0.2, 0.25) is 10.0 Å². The molecule has 1 amide bonds. The molecule has 0 radical (unpaired) electrons. The van der Waals surface area contributed by atoms with Crippen molar-refractivity contribution in [1.82, 2.24) is 19.2 Å². The lowest BCUT2D eigenvalue weighted by molar-refractivity contribution is 0.0897. The second kappa shape index (κ2) is 8.68. The molecular formula is C24H24Cl2N4O3S. The number of nitrogens with zero attached hydrogens (tertiary/aromatic N) is 3. The molecular weight excluding hydrogens is 495 g/mol. The fourth-order valence-electron chi connectivity index (χ4n) is 5.28. The highest BCUT2D eigenvalue weighted by atomic mass is 35.5. The Morgan fingerprint density at radius 3 is 2.56 bits per heavy atom. The quantitative estimate of drug-likeness (QED) is 0.569. The predicted octanol–water partition coefficient (Wildman–Crippen LogP) is 3.80. The normalized spacial score (nSPS) is 19.8. The Labute approximate surface area is 208 Å². The zero-order chi connectivity index (χ0) is 24.1. The van der Waals surface area contributed by atoms with Crippen molar-refractivity contribution in [2.75, 3.05) is 13.1 Å². The second-order valence-electron chi connectivity index (χ2n) is 8.95. The molecule has 178 valence electrons. The lowest BCUT2D eigenvalue weighted by atomic mass is 9.71. The number of carbonyl (C=O) groups excluding carboxylic acids is 1. The first-order chi connectivity index (χ1) is 16.2. The molecule has 0 bridgehead atoms. The van der Waals surface area contributed by atoms with Gasteiger partial charge in [0.25, 0.3) is 15.9 Å². The number of hydrogen-bond acceptors (Lipinski definition) is 4. The van der Waals surface area contributed by atoms with E-state index < -0.39 is 10.0 Å². The van der Waals surface area contributed by atoms with E-state index in [-0.39, 0.29) is 22.4 Å². The minimum absolute atomic E-state index is 0.0556. The number of imidazole rings is 1. The number of hydrogen-bond donors (Lipinski definition) is 1. The van der Waals surface area contributed by atoms with Gasteiger partial charge in [-0.05, 0) is 48.6 Å². The van der Waals surface area contributed by atoms with E-state index in [2.05, 4.69) is 22.4 Å². The molecule has 34 heavy (non-hydrogen) atoms. The lowest BCUT2D eigenvalue weighted by Crippen LogP contribution is -2.54. The maximum absolute atomic E-state index is 13.2. The zero-order valence-electron chi connectivity index (χ0n) is 18.5. The molecule has 3 aromatic rings. The molecule has 1 spiro atoms. The molecule has 1 aliphatic carbocycles. The summed E-state index contributed by atoms with van der Waals surface area (Å²) in [6.07, 6.45) is 4.87. The van der Waals surface area contributed by atoms with Gasteiger partial charge in [0, 0.05) is 42.8 Å². The number of sulfonamides is 1. The Balaban J connectivity index is 1.42. The fraction of sp³-hybridized carbons (Fsp3) is 0.333. The van der Waals surface area contributed by atoms with Gasteiger partial charge in [-0.1, -0.05) is 47.5 Å². The zero-order valence-corrected chi connectivity index (χ0v) is 20.9. The highest BCUT2D eigenvalue weighted by molar-refractivity contribution is 7.89. The summed E-state index contributed by atoms with van der Waals surface area (Å²) in [7, 11) is -1.93. The van der Waals surface area contributed by atoms with Gasteiger partial charge in [0.2, 0.25) is 0 Å². The van der Waals surface area contributed by atoms with Crippen LogP contribution in [-0.4, -0.2) is 47.3 Å². The number of amides is 1. The van der Waals surface area contributed by atoms with Crippen molar-refractivity contribution < 1.29 is 13.2 Å². The van der Waals surface area contributed by atoms with Crippen LogP contribution in [0.1, 0.15) is 34.3 Å². The first-order valence-corrected chi connectivity index (χ1v) is 13.2. The van der Waals surface area contributed by atoms with Crippen molar-refractivity contribution >= 4 is 39.1 Å². The van der Waals surface area contributed by atoms with Gasteiger partial charge in [0.1, 0.15) is 0 Å². The van der Waals surface area contributed by atoms with E-state index in [0.717, 1.165) is 0 Å². The summed E-state index contributed by atoms with van der Waals surface area (Å²) in [6.45, 7) is 0.697. The van der Waals surface area contributed by atoms with Crippen molar-refractivity contribution in [1.29, 1.82) is 0 Å². The van der Waals surface area contributed by atoms with Crippen LogP contribution in [0.15, 0.2) is 60.0 Å². The van der Waals surface area contributed by atoms with Crippen molar-refractivity contribution in [2.45, 2.75) is 35.7 Å². The Hall–Kier alpha value is -2.39. The van der Waals surface area contributed by atoms with E-state index in [9.17, 15) is 13.2 Å². The van der Waals surface area contributed by atoms with Crippen LogP contribution in [0.3, 0.4) is 0 Å². The monoisotopic (exact) mass is 518 g/mol.